The van der Waals surface area contributed by atoms with Crippen molar-refractivity contribution < 1.29 is 9.53 Å². The molecule has 78 valence electrons. The van der Waals surface area contributed by atoms with Crippen LogP contribution in [0.2, 0.25) is 0 Å². The minimum atomic E-state index is -0.427. The average molecular weight is 286 g/mol. The summed E-state index contributed by atoms with van der Waals surface area (Å²) in [5, 5.41) is 8.74. The second-order valence-corrected chi connectivity index (χ2v) is 4.02. The van der Waals surface area contributed by atoms with E-state index in [9.17, 15) is 4.79 Å². The Balaban J connectivity index is 3.17. The summed E-state index contributed by atoms with van der Waals surface area (Å²) in [7, 11) is 0. The van der Waals surface area contributed by atoms with Gasteiger partial charge >= 0.3 is 5.97 Å². The van der Waals surface area contributed by atoms with Crippen LogP contribution in [0.4, 0.5) is 0 Å². The lowest BCUT2D eigenvalue weighted by molar-refractivity contribution is 0.0525. The fraction of sp³-hybridized carbons (Fsp3) is 0.200. The van der Waals surface area contributed by atoms with Crippen molar-refractivity contribution in [1.29, 1.82) is 5.26 Å². The topological polar surface area (TPSA) is 50.1 Å². The van der Waals surface area contributed by atoms with Crippen LogP contribution in [0.5, 0.6) is 0 Å². The van der Waals surface area contributed by atoms with Crippen molar-refractivity contribution in [3.63, 3.8) is 0 Å². The Labute approximate surface area is 102 Å². The molecule has 15 heavy (non-hydrogen) atoms. The average Bonchev–Trinajstić information content (AvgIpc) is 2.21. The van der Waals surface area contributed by atoms with Crippen LogP contribution in [0.1, 0.15) is 22.8 Å². The minimum Gasteiger partial charge on any atom is -0.462 e. The number of nitriles is 1. The third-order valence-corrected chi connectivity index (χ3v) is 2.73. The first-order chi connectivity index (χ1) is 7.10. The maximum Gasteiger partial charge on any atom is 0.339 e. The van der Waals surface area contributed by atoms with Gasteiger partial charge in [0.15, 0.2) is 0 Å². The zero-order valence-electron chi connectivity index (χ0n) is 7.95. The van der Waals surface area contributed by atoms with Crippen LogP contribution in [0, 0.1) is 11.3 Å². The number of rotatable bonds is 2. The van der Waals surface area contributed by atoms with Crippen LogP contribution in [0.3, 0.4) is 0 Å². The van der Waals surface area contributed by atoms with E-state index < -0.39 is 5.97 Å². The molecule has 1 aromatic carbocycles. The predicted molar refractivity (Wildman–Crippen MR) is 62.1 cm³/mol. The van der Waals surface area contributed by atoms with Crippen molar-refractivity contribution in [1.82, 2.24) is 0 Å². The number of carbonyl (C=O) groups is 1. The quantitative estimate of drug-likeness (QED) is 0.672. The molecule has 0 amide bonds. The molecule has 1 rings (SSSR count). The number of thiol groups is 1. The summed E-state index contributed by atoms with van der Waals surface area (Å²) in [6.45, 7) is 2.05. The second kappa shape index (κ2) is 5.19. The van der Waals surface area contributed by atoms with Crippen LogP contribution >= 0.6 is 28.6 Å². The Morgan fingerprint density at radius 1 is 1.67 bits per heavy atom. The SMILES string of the molecule is CCOC(=O)c1cc(S)c(C#N)cc1Br. The molecule has 0 heterocycles. The fourth-order valence-corrected chi connectivity index (χ4v) is 1.77. The molecule has 0 bridgehead atoms. The van der Waals surface area contributed by atoms with Gasteiger partial charge in [0.25, 0.3) is 0 Å². The van der Waals surface area contributed by atoms with Crippen LogP contribution in [0.15, 0.2) is 21.5 Å². The van der Waals surface area contributed by atoms with E-state index in [1.165, 1.54) is 6.07 Å². The van der Waals surface area contributed by atoms with Crippen molar-refractivity contribution in [2.24, 2.45) is 0 Å². The van der Waals surface area contributed by atoms with Crippen LogP contribution < -0.4 is 0 Å². The molecule has 5 heteroatoms. The lowest BCUT2D eigenvalue weighted by Gasteiger charge is -2.05. The molecule has 3 nitrogen and oxygen atoms in total. The molecule has 0 fully saturated rings. The molecule has 0 spiro atoms. The van der Waals surface area contributed by atoms with Gasteiger partial charge in [0.2, 0.25) is 0 Å². The molecule has 0 radical (unpaired) electrons. The van der Waals surface area contributed by atoms with Gasteiger partial charge < -0.3 is 4.74 Å². The zero-order valence-corrected chi connectivity index (χ0v) is 10.4. The first-order valence-electron chi connectivity index (χ1n) is 4.19. The molecular weight excluding hydrogens is 278 g/mol. The number of hydrogen-bond acceptors (Lipinski definition) is 4. The number of ether oxygens (including phenoxy) is 1. The number of carbonyl (C=O) groups excluding carboxylic acids is 1. The highest BCUT2D eigenvalue weighted by atomic mass is 79.9. The molecule has 0 unspecified atom stereocenters. The van der Waals surface area contributed by atoms with Crippen LogP contribution in [-0.4, -0.2) is 12.6 Å². The van der Waals surface area contributed by atoms with Crippen molar-refractivity contribution in [3.05, 3.63) is 27.7 Å². The zero-order chi connectivity index (χ0) is 11.4. The van der Waals surface area contributed by atoms with E-state index in [1.54, 1.807) is 13.0 Å². The summed E-state index contributed by atoms with van der Waals surface area (Å²) in [6.07, 6.45) is 0. The molecule has 0 aliphatic carbocycles. The van der Waals surface area contributed by atoms with Crippen molar-refractivity contribution >= 4 is 34.5 Å². The molecule has 0 saturated heterocycles. The van der Waals surface area contributed by atoms with Gasteiger partial charge in [-0.05, 0) is 35.0 Å². The van der Waals surface area contributed by atoms with E-state index in [2.05, 4.69) is 28.6 Å². The monoisotopic (exact) mass is 285 g/mol. The van der Waals surface area contributed by atoms with E-state index in [4.69, 9.17) is 10.00 Å². The molecular formula is C10H8BrNO2S. The summed E-state index contributed by atoms with van der Waals surface area (Å²) in [5.74, 6) is -0.427. The Morgan fingerprint density at radius 2 is 2.33 bits per heavy atom. The number of esters is 1. The molecule has 0 aliphatic heterocycles. The molecule has 0 aromatic heterocycles. The normalized spacial score (nSPS) is 9.47. The Hall–Kier alpha value is -0.990. The van der Waals surface area contributed by atoms with E-state index in [0.29, 0.717) is 27.1 Å². The third-order valence-electron chi connectivity index (χ3n) is 1.70. The van der Waals surface area contributed by atoms with E-state index in [0.717, 1.165) is 0 Å². The first kappa shape index (κ1) is 12.1. The number of hydrogen-bond donors (Lipinski definition) is 1. The smallest absolute Gasteiger partial charge is 0.339 e. The standard InChI is InChI=1S/C10H8BrNO2S/c1-2-14-10(13)7-4-9(15)6(5-12)3-8(7)11/h3-4,15H,2H2,1H3. The second-order valence-electron chi connectivity index (χ2n) is 2.68. The van der Waals surface area contributed by atoms with Gasteiger partial charge in [-0.25, -0.2) is 4.79 Å². The summed E-state index contributed by atoms with van der Waals surface area (Å²) >= 11 is 7.31. The summed E-state index contributed by atoms with van der Waals surface area (Å²) in [5.41, 5.74) is 0.791. The molecule has 0 N–H and O–H groups in total. The van der Waals surface area contributed by atoms with E-state index in [-0.39, 0.29) is 0 Å². The third kappa shape index (κ3) is 2.74. The molecule has 0 aliphatic rings. The van der Waals surface area contributed by atoms with Gasteiger partial charge in [-0.2, -0.15) is 5.26 Å². The van der Waals surface area contributed by atoms with Gasteiger partial charge in [-0.15, -0.1) is 12.6 Å². The number of benzene rings is 1. The van der Waals surface area contributed by atoms with Crippen molar-refractivity contribution in [2.45, 2.75) is 11.8 Å². The number of nitrogens with zero attached hydrogens (tertiary/aromatic N) is 1. The fourth-order valence-electron chi connectivity index (χ4n) is 1.02. The maximum absolute atomic E-state index is 11.4. The van der Waals surface area contributed by atoms with Crippen LogP contribution in [-0.2, 0) is 4.74 Å². The summed E-state index contributed by atoms with van der Waals surface area (Å²) in [4.78, 5) is 11.9. The lowest BCUT2D eigenvalue weighted by atomic mass is 10.1. The van der Waals surface area contributed by atoms with Gasteiger partial charge in [-0.3, -0.25) is 0 Å². The van der Waals surface area contributed by atoms with Gasteiger partial charge in [0.05, 0.1) is 17.7 Å². The first-order valence-corrected chi connectivity index (χ1v) is 5.44. The van der Waals surface area contributed by atoms with E-state index in [1.807, 2.05) is 6.07 Å². The summed E-state index contributed by atoms with van der Waals surface area (Å²) < 4.78 is 5.39. The molecule has 0 atom stereocenters. The molecule has 0 saturated carbocycles. The molecule has 1 aromatic rings. The van der Waals surface area contributed by atoms with Gasteiger partial charge in [0, 0.05) is 9.37 Å². The van der Waals surface area contributed by atoms with E-state index >= 15 is 0 Å². The highest BCUT2D eigenvalue weighted by Crippen LogP contribution is 2.24. The maximum atomic E-state index is 11.4. The van der Waals surface area contributed by atoms with Crippen molar-refractivity contribution in [2.75, 3.05) is 6.61 Å². The Morgan fingerprint density at radius 3 is 2.87 bits per heavy atom. The Bertz CT molecular complexity index is 440. The highest BCUT2D eigenvalue weighted by Gasteiger charge is 2.13. The predicted octanol–water partition coefficient (Wildman–Crippen LogP) is 2.79. The van der Waals surface area contributed by atoms with Crippen LogP contribution in [0.25, 0.3) is 0 Å². The highest BCUT2D eigenvalue weighted by molar-refractivity contribution is 9.10. The lowest BCUT2D eigenvalue weighted by Crippen LogP contribution is -2.06. The van der Waals surface area contributed by atoms with Crippen molar-refractivity contribution in [3.8, 4) is 6.07 Å². The Kier molecular flexibility index (Phi) is 4.18. The summed E-state index contributed by atoms with van der Waals surface area (Å²) in [6, 6.07) is 5.04. The minimum absolute atomic E-state index is 0.313. The van der Waals surface area contributed by atoms with Gasteiger partial charge in [0.1, 0.15) is 6.07 Å². The van der Waals surface area contributed by atoms with Gasteiger partial charge in [-0.1, -0.05) is 0 Å². The number of halogens is 1. The largest absolute Gasteiger partial charge is 0.462 e.